The van der Waals surface area contributed by atoms with Crippen LogP contribution in [0.25, 0.3) is 0 Å². The van der Waals surface area contributed by atoms with Crippen LogP contribution in [0.3, 0.4) is 0 Å². The van der Waals surface area contributed by atoms with Gasteiger partial charge in [-0.15, -0.1) is 0 Å². The number of aromatic amines is 1. The van der Waals surface area contributed by atoms with E-state index in [1.807, 2.05) is 6.07 Å². The molecule has 1 atom stereocenters. The molecule has 0 aromatic carbocycles. The lowest BCUT2D eigenvalue weighted by molar-refractivity contribution is 0.240. The molecular formula is C15H22N2O2. The second-order valence-electron chi connectivity index (χ2n) is 6.06. The molecule has 4 nitrogen and oxygen atoms in total. The highest BCUT2D eigenvalue weighted by atomic mass is 16.3. The minimum atomic E-state index is -0.00153. The third-order valence-corrected chi connectivity index (χ3v) is 4.65. The predicted octanol–water partition coefficient (Wildman–Crippen LogP) is 1.50. The average molecular weight is 262 g/mol. The third kappa shape index (κ3) is 2.74. The molecule has 0 aliphatic heterocycles. The molecule has 1 heterocycles. The van der Waals surface area contributed by atoms with Crippen molar-refractivity contribution < 1.29 is 5.11 Å². The molecule has 1 unspecified atom stereocenters. The van der Waals surface area contributed by atoms with Crippen LogP contribution in [0.2, 0.25) is 0 Å². The van der Waals surface area contributed by atoms with Crippen molar-refractivity contribution in [3.63, 3.8) is 0 Å². The van der Waals surface area contributed by atoms with Gasteiger partial charge in [-0.05, 0) is 49.5 Å². The van der Waals surface area contributed by atoms with Gasteiger partial charge in [-0.1, -0.05) is 6.07 Å². The number of hydrogen-bond acceptors (Lipinski definition) is 3. The largest absolute Gasteiger partial charge is 0.396 e. The van der Waals surface area contributed by atoms with Crippen molar-refractivity contribution >= 4 is 0 Å². The molecule has 2 aliphatic rings. The molecule has 19 heavy (non-hydrogen) atoms. The maximum Gasteiger partial charge on any atom is 0.248 e. The van der Waals surface area contributed by atoms with Crippen LogP contribution in [0, 0.1) is 5.41 Å². The number of H-pyrrole nitrogens is 1. The van der Waals surface area contributed by atoms with Gasteiger partial charge in [0, 0.05) is 31.0 Å². The van der Waals surface area contributed by atoms with E-state index in [0.29, 0.717) is 11.5 Å². The van der Waals surface area contributed by atoms with Gasteiger partial charge in [-0.3, -0.25) is 4.79 Å². The highest BCUT2D eigenvalue weighted by Gasteiger charge is 2.42. The zero-order valence-electron chi connectivity index (χ0n) is 11.2. The minimum absolute atomic E-state index is 0.00153. The zero-order chi connectivity index (χ0) is 13.3. The average Bonchev–Trinajstić information content (AvgIpc) is 3.16. The highest BCUT2D eigenvalue weighted by Crippen LogP contribution is 2.48. The van der Waals surface area contributed by atoms with E-state index in [0.717, 1.165) is 37.9 Å². The lowest BCUT2D eigenvalue weighted by Gasteiger charge is -2.28. The van der Waals surface area contributed by atoms with Crippen LogP contribution in [0.5, 0.6) is 0 Å². The Hall–Kier alpha value is -1.13. The first-order valence-corrected chi connectivity index (χ1v) is 7.29. The Morgan fingerprint density at radius 2 is 2.26 bits per heavy atom. The summed E-state index contributed by atoms with van der Waals surface area (Å²) in [6.45, 7) is 1.27. The third-order valence-electron chi connectivity index (χ3n) is 4.65. The first-order chi connectivity index (χ1) is 9.22. The molecule has 0 bridgehead atoms. The summed E-state index contributed by atoms with van der Waals surface area (Å²) in [7, 11) is 0. The smallest absolute Gasteiger partial charge is 0.248 e. The monoisotopic (exact) mass is 262 g/mol. The number of aryl methyl sites for hydroxylation is 1. The first kappa shape index (κ1) is 12.9. The molecule has 104 valence electrons. The lowest BCUT2D eigenvalue weighted by atomic mass is 9.90. The van der Waals surface area contributed by atoms with Crippen molar-refractivity contribution in [2.24, 2.45) is 5.41 Å². The molecule has 1 aromatic rings. The number of nitrogens with one attached hydrogen (secondary N) is 2. The quantitative estimate of drug-likeness (QED) is 0.753. The normalized spacial score (nSPS) is 23.9. The summed E-state index contributed by atoms with van der Waals surface area (Å²) in [6, 6.07) is 3.95. The van der Waals surface area contributed by atoms with Crippen molar-refractivity contribution in [2.45, 2.75) is 44.6 Å². The summed E-state index contributed by atoms with van der Waals surface area (Å²) in [6.07, 6.45) is 6.60. The van der Waals surface area contributed by atoms with Crippen LogP contribution in [0.4, 0.5) is 0 Å². The molecule has 3 N–H and O–H groups in total. The van der Waals surface area contributed by atoms with Crippen LogP contribution in [-0.2, 0) is 6.42 Å². The van der Waals surface area contributed by atoms with Gasteiger partial charge in [0.1, 0.15) is 0 Å². The summed E-state index contributed by atoms with van der Waals surface area (Å²) in [5.41, 5.74) is 2.70. The molecule has 0 amide bonds. The number of rotatable bonds is 5. The Morgan fingerprint density at radius 3 is 3.00 bits per heavy atom. The van der Waals surface area contributed by atoms with Gasteiger partial charge in [-0.2, -0.15) is 0 Å². The van der Waals surface area contributed by atoms with E-state index in [1.54, 1.807) is 6.07 Å². The topological polar surface area (TPSA) is 65.1 Å². The van der Waals surface area contributed by atoms with E-state index in [4.69, 9.17) is 5.11 Å². The van der Waals surface area contributed by atoms with Gasteiger partial charge in [0.2, 0.25) is 5.56 Å². The fourth-order valence-electron chi connectivity index (χ4n) is 3.18. The molecule has 0 radical (unpaired) electrons. The van der Waals surface area contributed by atoms with E-state index in [9.17, 15) is 4.79 Å². The number of pyridine rings is 1. The standard InChI is InChI=1S/C15H22N2O2/c18-9-8-15(6-7-15)10-16-12-2-1-3-13-11(12)4-5-14(19)17-13/h4-5,12,16,18H,1-3,6-10H2,(H,17,19). The number of aliphatic hydroxyl groups is 1. The molecule has 0 saturated heterocycles. The van der Waals surface area contributed by atoms with Crippen LogP contribution < -0.4 is 10.9 Å². The van der Waals surface area contributed by atoms with Crippen molar-refractivity contribution in [1.29, 1.82) is 0 Å². The van der Waals surface area contributed by atoms with E-state index < -0.39 is 0 Å². The second-order valence-corrected chi connectivity index (χ2v) is 6.06. The summed E-state index contributed by atoms with van der Waals surface area (Å²) in [5.74, 6) is 0. The summed E-state index contributed by atoms with van der Waals surface area (Å²) in [4.78, 5) is 14.3. The Balaban J connectivity index is 1.68. The Kier molecular flexibility index (Phi) is 3.46. The van der Waals surface area contributed by atoms with E-state index in [2.05, 4.69) is 10.3 Å². The molecular weight excluding hydrogens is 240 g/mol. The first-order valence-electron chi connectivity index (χ1n) is 7.29. The molecule has 0 spiro atoms. The van der Waals surface area contributed by atoms with Crippen molar-refractivity contribution in [3.05, 3.63) is 33.7 Å². The minimum Gasteiger partial charge on any atom is -0.396 e. The maximum atomic E-state index is 11.4. The van der Waals surface area contributed by atoms with Crippen molar-refractivity contribution in [3.8, 4) is 0 Å². The molecule has 4 heteroatoms. The van der Waals surface area contributed by atoms with Crippen molar-refractivity contribution in [1.82, 2.24) is 10.3 Å². The number of aromatic nitrogens is 1. The maximum absolute atomic E-state index is 11.4. The summed E-state index contributed by atoms with van der Waals surface area (Å²) >= 11 is 0. The zero-order valence-corrected chi connectivity index (χ0v) is 11.2. The lowest BCUT2D eigenvalue weighted by Crippen LogP contribution is -2.32. The van der Waals surface area contributed by atoms with E-state index in [-0.39, 0.29) is 12.2 Å². The molecule has 2 aliphatic carbocycles. The van der Waals surface area contributed by atoms with Gasteiger partial charge >= 0.3 is 0 Å². The van der Waals surface area contributed by atoms with Crippen LogP contribution in [0.15, 0.2) is 16.9 Å². The fraction of sp³-hybridized carbons (Fsp3) is 0.667. The predicted molar refractivity (Wildman–Crippen MR) is 74.1 cm³/mol. The van der Waals surface area contributed by atoms with Crippen LogP contribution >= 0.6 is 0 Å². The Labute approximate surface area is 113 Å². The van der Waals surface area contributed by atoms with Crippen LogP contribution in [-0.4, -0.2) is 23.2 Å². The fourth-order valence-corrected chi connectivity index (χ4v) is 3.18. The second kappa shape index (κ2) is 5.10. The van der Waals surface area contributed by atoms with Gasteiger partial charge in [0.05, 0.1) is 0 Å². The van der Waals surface area contributed by atoms with E-state index >= 15 is 0 Å². The Bertz CT molecular complexity index is 505. The molecule has 3 rings (SSSR count). The van der Waals surface area contributed by atoms with Gasteiger partial charge in [0.25, 0.3) is 0 Å². The number of hydrogen-bond donors (Lipinski definition) is 3. The Morgan fingerprint density at radius 1 is 1.42 bits per heavy atom. The van der Waals surface area contributed by atoms with Crippen molar-refractivity contribution in [2.75, 3.05) is 13.2 Å². The van der Waals surface area contributed by atoms with E-state index in [1.165, 1.54) is 18.4 Å². The van der Waals surface area contributed by atoms with Gasteiger partial charge < -0.3 is 15.4 Å². The number of aliphatic hydroxyl groups excluding tert-OH is 1. The highest BCUT2D eigenvalue weighted by molar-refractivity contribution is 5.26. The number of fused-ring (bicyclic) bond motifs is 1. The summed E-state index contributed by atoms with van der Waals surface area (Å²) in [5, 5.41) is 12.8. The van der Waals surface area contributed by atoms with Gasteiger partial charge in [0.15, 0.2) is 0 Å². The molecule has 1 fully saturated rings. The van der Waals surface area contributed by atoms with Gasteiger partial charge in [-0.25, -0.2) is 0 Å². The van der Waals surface area contributed by atoms with Crippen LogP contribution in [0.1, 0.15) is 49.4 Å². The molecule has 1 saturated carbocycles. The molecule has 1 aromatic heterocycles. The summed E-state index contributed by atoms with van der Waals surface area (Å²) < 4.78 is 0. The SMILES string of the molecule is O=c1ccc2c([nH]1)CCCC2NCC1(CCO)CC1.